The summed E-state index contributed by atoms with van der Waals surface area (Å²) in [6.45, 7) is 1.82. The average Bonchev–Trinajstić information content (AvgIpc) is 3.37. The smallest absolute Gasteiger partial charge is 0.297 e. The molecule has 1 unspecified atom stereocenters. The number of nitrogens with zero attached hydrogens (tertiary/aromatic N) is 2. The highest BCUT2D eigenvalue weighted by molar-refractivity contribution is 7.13. The molecule has 0 aliphatic carbocycles. The summed E-state index contributed by atoms with van der Waals surface area (Å²) in [5, 5.41) is 3.09. The minimum atomic E-state index is -0.662. The summed E-state index contributed by atoms with van der Waals surface area (Å²) in [4.78, 5) is 32.7. The molecule has 0 radical (unpaired) electrons. The van der Waals surface area contributed by atoms with Crippen LogP contribution in [0.5, 0.6) is 5.75 Å². The number of aromatic nitrogens is 1. The molecule has 3 heterocycles. The molecule has 1 amide bonds. The van der Waals surface area contributed by atoms with Gasteiger partial charge in [-0.2, -0.15) is 0 Å². The van der Waals surface area contributed by atoms with Gasteiger partial charge in [-0.1, -0.05) is 23.7 Å². The lowest BCUT2D eigenvalue weighted by molar-refractivity contribution is 0.0971. The molecule has 4 aromatic rings. The van der Waals surface area contributed by atoms with Crippen LogP contribution in [0.3, 0.4) is 0 Å². The zero-order chi connectivity index (χ0) is 21.0. The van der Waals surface area contributed by atoms with Crippen LogP contribution in [0.25, 0.3) is 11.0 Å². The fourth-order valence-electron chi connectivity index (χ4n) is 3.73. The third-order valence-corrected chi connectivity index (χ3v) is 6.39. The highest BCUT2D eigenvalue weighted by Crippen LogP contribution is 2.42. The number of methoxy groups -OCH3 is 1. The standard InChI is InChI=1S/C22H15ClN2O4S/c1-11-9-16-14(10-15(11)23)19(26)17-18(12-3-5-13(28-2)6-4-12)25(21(27)20(17)29-16)22-24-7-8-30-22/h3-10,18H,1-2H3. The summed E-state index contributed by atoms with van der Waals surface area (Å²) in [5.74, 6) is 0.314. The van der Waals surface area contributed by atoms with E-state index in [0.29, 0.717) is 26.9 Å². The summed E-state index contributed by atoms with van der Waals surface area (Å²) < 4.78 is 11.2. The number of amides is 1. The van der Waals surface area contributed by atoms with Gasteiger partial charge in [0.1, 0.15) is 11.3 Å². The maximum Gasteiger partial charge on any atom is 0.297 e. The SMILES string of the molecule is COc1ccc(C2c3c(oc4cc(C)c(Cl)cc4c3=O)C(=O)N2c2nccs2)cc1. The molecule has 0 N–H and O–H groups in total. The van der Waals surface area contributed by atoms with Crippen molar-refractivity contribution in [3.63, 3.8) is 0 Å². The first-order valence-corrected chi connectivity index (χ1v) is 10.4. The molecule has 0 bridgehead atoms. The Morgan fingerprint density at radius 3 is 2.63 bits per heavy atom. The van der Waals surface area contributed by atoms with E-state index >= 15 is 0 Å². The second-order valence-corrected chi connectivity index (χ2v) is 8.22. The van der Waals surface area contributed by atoms with E-state index in [1.807, 2.05) is 19.1 Å². The molecular formula is C22H15ClN2O4S. The van der Waals surface area contributed by atoms with Crippen LogP contribution < -0.4 is 15.1 Å². The first-order chi connectivity index (χ1) is 14.5. The van der Waals surface area contributed by atoms with Crippen molar-refractivity contribution in [2.24, 2.45) is 0 Å². The fraction of sp³-hybridized carbons (Fsp3) is 0.136. The van der Waals surface area contributed by atoms with Gasteiger partial charge in [0.15, 0.2) is 10.6 Å². The van der Waals surface area contributed by atoms with Gasteiger partial charge < -0.3 is 9.15 Å². The number of rotatable bonds is 3. The van der Waals surface area contributed by atoms with Crippen molar-refractivity contribution < 1.29 is 13.9 Å². The Kier molecular flexibility index (Phi) is 4.38. The second-order valence-electron chi connectivity index (χ2n) is 6.94. The van der Waals surface area contributed by atoms with Gasteiger partial charge in [0.05, 0.1) is 24.1 Å². The van der Waals surface area contributed by atoms with E-state index in [0.717, 1.165) is 11.1 Å². The molecule has 0 saturated heterocycles. The molecule has 30 heavy (non-hydrogen) atoms. The lowest BCUT2D eigenvalue weighted by Gasteiger charge is -2.22. The van der Waals surface area contributed by atoms with Crippen LogP contribution in [0.1, 0.15) is 33.3 Å². The fourth-order valence-corrected chi connectivity index (χ4v) is 4.56. The normalized spacial score (nSPS) is 15.6. The Labute approximate surface area is 180 Å². The van der Waals surface area contributed by atoms with Gasteiger partial charge in [0.25, 0.3) is 5.91 Å². The summed E-state index contributed by atoms with van der Waals surface area (Å²) in [6.07, 6.45) is 1.62. The van der Waals surface area contributed by atoms with E-state index in [4.69, 9.17) is 20.8 Å². The largest absolute Gasteiger partial charge is 0.497 e. The maximum absolute atomic E-state index is 13.5. The van der Waals surface area contributed by atoms with Gasteiger partial charge in [0, 0.05) is 16.6 Å². The average molecular weight is 439 g/mol. The molecule has 0 spiro atoms. The second kappa shape index (κ2) is 6.97. The Morgan fingerprint density at radius 2 is 1.97 bits per heavy atom. The van der Waals surface area contributed by atoms with E-state index in [1.165, 1.54) is 16.2 Å². The van der Waals surface area contributed by atoms with Crippen LogP contribution in [-0.4, -0.2) is 18.0 Å². The first-order valence-electron chi connectivity index (χ1n) is 9.13. The summed E-state index contributed by atoms with van der Waals surface area (Å²) in [5.41, 5.74) is 1.86. The minimum Gasteiger partial charge on any atom is -0.497 e. The predicted octanol–water partition coefficient (Wildman–Crippen LogP) is 4.97. The lowest BCUT2D eigenvalue weighted by atomic mass is 9.98. The molecule has 1 atom stereocenters. The van der Waals surface area contributed by atoms with E-state index in [1.54, 1.807) is 43.0 Å². The van der Waals surface area contributed by atoms with Crippen LogP contribution in [-0.2, 0) is 0 Å². The molecule has 1 aliphatic rings. The van der Waals surface area contributed by atoms with E-state index in [9.17, 15) is 9.59 Å². The number of anilines is 1. The number of hydrogen-bond donors (Lipinski definition) is 0. The molecule has 0 fully saturated rings. The monoisotopic (exact) mass is 438 g/mol. The van der Waals surface area contributed by atoms with Crippen molar-refractivity contribution in [3.05, 3.63) is 85.7 Å². The summed E-state index contributed by atoms with van der Waals surface area (Å²) in [7, 11) is 1.58. The Hall–Kier alpha value is -3.16. The van der Waals surface area contributed by atoms with Crippen molar-refractivity contribution in [3.8, 4) is 5.75 Å². The Bertz CT molecular complexity index is 1350. The van der Waals surface area contributed by atoms with Gasteiger partial charge in [-0.3, -0.25) is 14.5 Å². The molecule has 150 valence electrons. The van der Waals surface area contributed by atoms with E-state index in [-0.39, 0.29) is 16.8 Å². The summed E-state index contributed by atoms with van der Waals surface area (Å²) in [6, 6.07) is 9.86. The number of carbonyl (C=O) groups excluding carboxylic acids is 1. The lowest BCUT2D eigenvalue weighted by Crippen LogP contribution is -2.29. The van der Waals surface area contributed by atoms with E-state index < -0.39 is 11.9 Å². The van der Waals surface area contributed by atoms with Gasteiger partial charge >= 0.3 is 0 Å². The third kappa shape index (κ3) is 2.74. The zero-order valence-corrected chi connectivity index (χ0v) is 17.6. The molecular weight excluding hydrogens is 424 g/mol. The molecule has 6 nitrogen and oxygen atoms in total. The van der Waals surface area contributed by atoms with Gasteiger partial charge in [-0.05, 0) is 42.3 Å². The maximum atomic E-state index is 13.5. The number of hydrogen-bond acceptors (Lipinski definition) is 6. The van der Waals surface area contributed by atoms with Crippen molar-refractivity contribution in [2.45, 2.75) is 13.0 Å². The van der Waals surface area contributed by atoms with Crippen LogP contribution in [0.4, 0.5) is 5.13 Å². The molecule has 0 saturated carbocycles. The van der Waals surface area contributed by atoms with Crippen LogP contribution >= 0.6 is 22.9 Å². The number of fused-ring (bicyclic) bond motifs is 2. The number of benzene rings is 2. The van der Waals surface area contributed by atoms with Gasteiger partial charge in [0.2, 0.25) is 5.76 Å². The van der Waals surface area contributed by atoms with Crippen molar-refractivity contribution in [1.82, 2.24) is 4.98 Å². The van der Waals surface area contributed by atoms with Crippen LogP contribution in [0.15, 0.2) is 57.2 Å². The number of carbonyl (C=O) groups is 1. The highest BCUT2D eigenvalue weighted by Gasteiger charge is 2.44. The van der Waals surface area contributed by atoms with Gasteiger partial charge in [-0.15, -0.1) is 11.3 Å². The molecule has 5 rings (SSSR count). The van der Waals surface area contributed by atoms with Gasteiger partial charge in [-0.25, -0.2) is 4.98 Å². The number of ether oxygens (including phenoxy) is 1. The first kappa shape index (κ1) is 18.8. The van der Waals surface area contributed by atoms with Crippen LogP contribution in [0.2, 0.25) is 5.02 Å². The number of halogens is 1. The summed E-state index contributed by atoms with van der Waals surface area (Å²) >= 11 is 7.58. The number of thiazole rings is 1. The third-order valence-electron chi connectivity index (χ3n) is 5.21. The highest BCUT2D eigenvalue weighted by atomic mass is 35.5. The Morgan fingerprint density at radius 1 is 1.20 bits per heavy atom. The predicted molar refractivity (Wildman–Crippen MR) is 116 cm³/mol. The van der Waals surface area contributed by atoms with Crippen LogP contribution in [0, 0.1) is 6.92 Å². The van der Waals surface area contributed by atoms with Crippen molar-refractivity contribution in [1.29, 1.82) is 0 Å². The minimum absolute atomic E-state index is 0.0326. The molecule has 2 aromatic heterocycles. The Balaban J connectivity index is 1.81. The molecule has 8 heteroatoms. The topological polar surface area (TPSA) is 72.6 Å². The van der Waals surface area contributed by atoms with Crippen molar-refractivity contribution >= 4 is 44.9 Å². The molecule has 2 aromatic carbocycles. The zero-order valence-electron chi connectivity index (χ0n) is 16.0. The quantitative estimate of drug-likeness (QED) is 0.451. The molecule has 1 aliphatic heterocycles. The van der Waals surface area contributed by atoms with Crippen molar-refractivity contribution in [2.75, 3.05) is 12.0 Å². The number of aryl methyl sites for hydroxylation is 1. The van der Waals surface area contributed by atoms with E-state index in [2.05, 4.69) is 4.98 Å².